The predicted molar refractivity (Wildman–Crippen MR) is 116 cm³/mol. The van der Waals surface area contributed by atoms with E-state index in [9.17, 15) is 0 Å². The first-order valence-electron chi connectivity index (χ1n) is 11.2. The van der Waals surface area contributed by atoms with Crippen molar-refractivity contribution < 1.29 is 9.47 Å². The minimum atomic E-state index is 0.626. The van der Waals surface area contributed by atoms with Gasteiger partial charge in [0.2, 0.25) is 5.95 Å². The molecule has 3 aliphatic heterocycles. The summed E-state index contributed by atoms with van der Waals surface area (Å²) in [5, 5.41) is 0. The van der Waals surface area contributed by atoms with Crippen LogP contribution in [0.1, 0.15) is 30.2 Å². The highest BCUT2D eigenvalue weighted by Crippen LogP contribution is 2.31. The zero-order chi connectivity index (χ0) is 20.3. The van der Waals surface area contributed by atoms with Crippen molar-refractivity contribution in [3.05, 3.63) is 41.2 Å². The number of aromatic nitrogens is 2. The molecule has 0 unspecified atom stereocenters. The Balaban J connectivity index is 1.21. The second kappa shape index (κ2) is 8.78. The standard InChI is InChI=1S/C23H31N5O2/c1-2-6-26-8-10-28(11-9-26)23-24-15-19-17-27(7-5-20(19)25-23)16-18-3-4-21-22(14-18)30-13-12-29-21/h3-4,14-15H,2,5-13,16-17H2,1H3. The first-order chi connectivity index (χ1) is 14.8. The molecule has 0 amide bonds. The number of rotatable bonds is 5. The minimum Gasteiger partial charge on any atom is -0.486 e. The molecule has 0 bridgehead atoms. The van der Waals surface area contributed by atoms with Crippen molar-refractivity contribution in [2.45, 2.75) is 32.9 Å². The molecule has 0 atom stereocenters. The summed E-state index contributed by atoms with van der Waals surface area (Å²) in [6.45, 7) is 11.8. The van der Waals surface area contributed by atoms with E-state index in [1.807, 2.05) is 12.3 Å². The highest BCUT2D eigenvalue weighted by molar-refractivity contribution is 5.44. The highest BCUT2D eigenvalue weighted by Gasteiger charge is 2.23. The summed E-state index contributed by atoms with van der Waals surface area (Å²) in [5.41, 5.74) is 3.73. The Labute approximate surface area is 178 Å². The van der Waals surface area contributed by atoms with Crippen LogP contribution in [0.2, 0.25) is 0 Å². The van der Waals surface area contributed by atoms with Crippen LogP contribution < -0.4 is 14.4 Å². The average Bonchev–Trinajstić information content (AvgIpc) is 2.79. The zero-order valence-electron chi connectivity index (χ0n) is 17.8. The van der Waals surface area contributed by atoms with Gasteiger partial charge in [0.05, 0.1) is 5.69 Å². The van der Waals surface area contributed by atoms with E-state index in [1.54, 1.807) is 0 Å². The van der Waals surface area contributed by atoms with E-state index in [0.29, 0.717) is 13.2 Å². The summed E-state index contributed by atoms with van der Waals surface area (Å²) in [5.74, 6) is 2.62. The van der Waals surface area contributed by atoms with Crippen LogP contribution in [0.15, 0.2) is 24.4 Å². The largest absolute Gasteiger partial charge is 0.486 e. The average molecular weight is 410 g/mol. The first kappa shape index (κ1) is 19.6. The number of anilines is 1. The van der Waals surface area contributed by atoms with E-state index >= 15 is 0 Å². The van der Waals surface area contributed by atoms with Gasteiger partial charge in [-0.3, -0.25) is 9.80 Å². The second-order valence-electron chi connectivity index (χ2n) is 8.41. The molecule has 1 saturated heterocycles. The molecule has 0 N–H and O–H groups in total. The molecule has 0 saturated carbocycles. The number of fused-ring (bicyclic) bond motifs is 2. The molecule has 0 aliphatic carbocycles. The van der Waals surface area contributed by atoms with Gasteiger partial charge in [-0.05, 0) is 30.7 Å². The van der Waals surface area contributed by atoms with Crippen molar-refractivity contribution in [2.75, 3.05) is 57.4 Å². The van der Waals surface area contributed by atoms with Gasteiger partial charge in [0.15, 0.2) is 11.5 Å². The van der Waals surface area contributed by atoms with E-state index in [1.165, 1.54) is 29.8 Å². The van der Waals surface area contributed by atoms with Crippen LogP contribution in [-0.2, 0) is 19.5 Å². The minimum absolute atomic E-state index is 0.626. The lowest BCUT2D eigenvalue weighted by molar-refractivity contribution is 0.171. The van der Waals surface area contributed by atoms with Gasteiger partial charge < -0.3 is 14.4 Å². The molecule has 1 fully saturated rings. The fraction of sp³-hybridized carbons (Fsp3) is 0.565. The van der Waals surface area contributed by atoms with Gasteiger partial charge in [0.1, 0.15) is 13.2 Å². The van der Waals surface area contributed by atoms with Crippen LogP contribution in [-0.4, -0.2) is 72.3 Å². The molecule has 30 heavy (non-hydrogen) atoms. The molecule has 0 radical (unpaired) electrons. The molecule has 7 nitrogen and oxygen atoms in total. The maximum atomic E-state index is 5.73. The van der Waals surface area contributed by atoms with Crippen molar-refractivity contribution >= 4 is 5.95 Å². The normalized spacial score (nSPS) is 19.6. The molecule has 5 rings (SSSR count). The van der Waals surface area contributed by atoms with Gasteiger partial charge in [0, 0.05) is 64.0 Å². The Morgan fingerprint density at radius 3 is 2.63 bits per heavy atom. The Morgan fingerprint density at radius 2 is 1.80 bits per heavy atom. The van der Waals surface area contributed by atoms with Crippen molar-refractivity contribution in [1.29, 1.82) is 0 Å². The lowest BCUT2D eigenvalue weighted by atomic mass is 10.1. The Kier molecular flexibility index (Phi) is 5.73. The smallest absolute Gasteiger partial charge is 0.225 e. The number of ether oxygens (including phenoxy) is 2. The quantitative estimate of drug-likeness (QED) is 0.751. The summed E-state index contributed by atoms with van der Waals surface area (Å²) in [6, 6.07) is 6.28. The lowest BCUT2D eigenvalue weighted by Gasteiger charge is -2.35. The lowest BCUT2D eigenvalue weighted by Crippen LogP contribution is -2.47. The van der Waals surface area contributed by atoms with Gasteiger partial charge in [-0.15, -0.1) is 0 Å². The topological polar surface area (TPSA) is 54.0 Å². The molecule has 160 valence electrons. The second-order valence-corrected chi connectivity index (χ2v) is 8.41. The number of benzene rings is 1. The Hall–Kier alpha value is -2.38. The molecule has 4 heterocycles. The van der Waals surface area contributed by atoms with Crippen LogP contribution in [0.3, 0.4) is 0 Å². The SMILES string of the molecule is CCCN1CCN(c2ncc3c(n2)CCN(Cc2ccc4c(c2)OCCO4)C3)CC1. The molecular formula is C23H31N5O2. The van der Waals surface area contributed by atoms with Crippen molar-refractivity contribution in [3.63, 3.8) is 0 Å². The van der Waals surface area contributed by atoms with E-state index < -0.39 is 0 Å². The van der Waals surface area contributed by atoms with Gasteiger partial charge >= 0.3 is 0 Å². The third-order valence-electron chi connectivity index (χ3n) is 6.21. The van der Waals surface area contributed by atoms with Gasteiger partial charge in [-0.1, -0.05) is 13.0 Å². The molecule has 1 aromatic carbocycles. The number of hydrogen-bond donors (Lipinski definition) is 0. The van der Waals surface area contributed by atoms with Crippen molar-refractivity contribution in [1.82, 2.24) is 19.8 Å². The van der Waals surface area contributed by atoms with Gasteiger partial charge in [0.25, 0.3) is 0 Å². The van der Waals surface area contributed by atoms with Crippen LogP contribution in [0, 0.1) is 0 Å². The number of piperazine rings is 1. The van der Waals surface area contributed by atoms with Crippen LogP contribution in [0.4, 0.5) is 5.95 Å². The fourth-order valence-electron chi connectivity index (χ4n) is 4.58. The molecule has 3 aliphatic rings. The van der Waals surface area contributed by atoms with E-state index in [-0.39, 0.29) is 0 Å². The monoisotopic (exact) mass is 409 g/mol. The van der Waals surface area contributed by atoms with Crippen molar-refractivity contribution in [2.24, 2.45) is 0 Å². The molecule has 7 heteroatoms. The third-order valence-corrected chi connectivity index (χ3v) is 6.21. The van der Waals surface area contributed by atoms with Crippen LogP contribution >= 0.6 is 0 Å². The highest BCUT2D eigenvalue weighted by atomic mass is 16.6. The predicted octanol–water partition coefficient (Wildman–Crippen LogP) is 2.34. The Morgan fingerprint density at radius 1 is 0.967 bits per heavy atom. The van der Waals surface area contributed by atoms with Gasteiger partial charge in [-0.2, -0.15) is 0 Å². The molecular weight excluding hydrogens is 378 g/mol. The molecule has 1 aromatic heterocycles. The maximum absolute atomic E-state index is 5.73. The summed E-state index contributed by atoms with van der Waals surface area (Å²) < 4.78 is 11.4. The zero-order valence-corrected chi connectivity index (χ0v) is 17.8. The Bertz CT molecular complexity index is 882. The van der Waals surface area contributed by atoms with E-state index in [2.05, 4.69) is 33.8 Å². The fourth-order valence-corrected chi connectivity index (χ4v) is 4.58. The summed E-state index contributed by atoms with van der Waals surface area (Å²) in [4.78, 5) is 17.0. The van der Waals surface area contributed by atoms with Gasteiger partial charge in [-0.25, -0.2) is 9.97 Å². The third kappa shape index (κ3) is 4.23. The maximum Gasteiger partial charge on any atom is 0.225 e. The first-order valence-corrected chi connectivity index (χ1v) is 11.2. The number of hydrogen-bond acceptors (Lipinski definition) is 7. The van der Waals surface area contributed by atoms with E-state index in [4.69, 9.17) is 19.4 Å². The van der Waals surface area contributed by atoms with Crippen LogP contribution in [0.5, 0.6) is 11.5 Å². The summed E-state index contributed by atoms with van der Waals surface area (Å²) in [7, 11) is 0. The molecule has 2 aromatic rings. The number of nitrogens with zero attached hydrogens (tertiary/aromatic N) is 5. The summed E-state index contributed by atoms with van der Waals surface area (Å²) in [6.07, 6.45) is 4.25. The molecule has 0 spiro atoms. The summed E-state index contributed by atoms with van der Waals surface area (Å²) >= 11 is 0. The van der Waals surface area contributed by atoms with E-state index in [0.717, 1.165) is 69.7 Å². The van der Waals surface area contributed by atoms with Crippen molar-refractivity contribution in [3.8, 4) is 11.5 Å². The van der Waals surface area contributed by atoms with Crippen LogP contribution in [0.25, 0.3) is 0 Å².